The largest absolute Gasteiger partial charge is 0.381 e. The van der Waals surface area contributed by atoms with Gasteiger partial charge in [0.1, 0.15) is 17.0 Å². The molecule has 0 bridgehead atoms. The first-order chi connectivity index (χ1) is 16.1. The van der Waals surface area contributed by atoms with Crippen LogP contribution in [0, 0.1) is 5.82 Å². The molecule has 1 N–H and O–H groups in total. The van der Waals surface area contributed by atoms with Gasteiger partial charge in [0.25, 0.3) is 0 Å². The highest BCUT2D eigenvalue weighted by Crippen LogP contribution is 2.38. The second-order valence-corrected chi connectivity index (χ2v) is 8.92. The number of benzene rings is 4. The van der Waals surface area contributed by atoms with Gasteiger partial charge >= 0.3 is 0 Å². The number of nitrogens with zero attached hydrogens (tertiary/aromatic N) is 2. The number of halogens is 3. The van der Waals surface area contributed by atoms with Crippen molar-refractivity contribution in [2.75, 3.05) is 5.32 Å². The third-order valence-corrected chi connectivity index (χ3v) is 6.23. The average Bonchev–Trinajstić information content (AvgIpc) is 2.85. The van der Waals surface area contributed by atoms with Crippen LogP contribution in [0.25, 0.3) is 33.3 Å². The number of nitrogens with one attached hydrogen (secondary N) is 1. The topological polar surface area (TPSA) is 37.8 Å². The maximum atomic E-state index is 14.2. The Balaban J connectivity index is 1.60. The van der Waals surface area contributed by atoms with Crippen LogP contribution in [-0.2, 0) is 6.54 Å². The molecular formula is C27H18BrClFN3. The lowest BCUT2D eigenvalue weighted by atomic mass is 9.95. The summed E-state index contributed by atoms with van der Waals surface area (Å²) in [5, 5.41) is 13.8. The molecule has 0 spiro atoms. The molecule has 0 amide bonds. The minimum absolute atomic E-state index is 0.243. The van der Waals surface area contributed by atoms with Crippen LogP contribution in [0.3, 0.4) is 0 Å². The molecule has 5 aromatic rings. The highest BCUT2D eigenvalue weighted by atomic mass is 79.9. The van der Waals surface area contributed by atoms with Crippen LogP contribution in [0.1, 0.15) is 5.56 Å². The minimum Gasteiger partial charge on any atom is -0.381 e. The first-order valence-corrected chi connectivity index (χ1v) is 11.6. The van der Waals surface area contributed by atoms with Gasteiger partial charge in [-0.3, -0.25) is 0 Å². The Morgan fingerprint density at radius 2 is 1.61 bits per heavy atom. The van der Waals surface area contributed by atoms with Gasteiger partial charge in [0.05, 0.1) is 5.02 Å². The fourth-order valence-electron chi connectivity index (χ4n) is 3.85. The maximum absolute atomic E-state index is 14.2. The molecular weight excluding hydrogens is 501 g/mol. The molecule has 0 aliphatic carbocycles. The SMILES string of the molecule is Fc1ccc(Br)cc1CNc1cccc(-c2c(-c3ccccc3)nnc3c(Cl)cccc23)c1. The predicted octanol–water partition coefficient (Wildman–Crippen LogP) is 8.13. The van der Waals surface area contributed by atoms with Crippen molar-refractivity contribution in [3.63, 3.8) is 0 Å². The molecule has 0 aliphatic rings. The molecule has 4 aromatic carbocycles. The molecule has 6 heteroatoms. The number of anilines is 1. The standard InChI is InChI=1S/C27H18BrClFN3/c28-20-12-13-24(30)19(14-20)16-31-21-9-4-8-18(15-21)25-22-10-5-11-23(29)27(22)33-32-26(25)17-6-2-1-3-7-17/h1-15,31H,16H2. The van der Waals surface area contributed by atoms with E-state index in [-0.39, 0.29) is 5.82 Å². The van der Waals surface area contributed by atoms with E-state index in [1.54, 1.807) is 12.1 Å². The van der Waals surface area contributed by atoms with Crippen molar-refractivity contribution in [1.29, 1.82) is 0 Å². The number of rotatable bonds is 5. The van der Waals surface area contributed by atoms with Gasteiger partial charge in [-0.15, -0.1) is 10.2 Å². The molecule has 33 heavy (non-hydrogen) atoms. The van der Waals surface area contributed by atoms with Gasteiger partial charge in [-0.1, -0.05) is 82.1 Å². The maximum Gasteiger partial charge on any atom is 0.128 e. The molecule has 1 heterocycles. The van der Waals surface area contributed by atoms with E-state index in [1.807, 2.05) is 72.8 Å². The van der Waals surface area contributed by atoms with Crippen molar-refractivity contribution in [3.05, 3.63) is 112 Å². The average molecular weight is 519 g/mol. The van der Waals surface area contributed by atoms with Crippen molar-refractivity contribution in [1.82, 2.24) is 10.2 Å². The van der Waals surface area contributed by atoms with E-state index in [2.05, 4.69) is 31.4 Å². The van der Waals surface area contributed by atoms with Gasteiger partial charge in [-0.25, -0.2) is 4.39 Å². The Labute approximate surface area is 204 Å². The summed E-state index contributed by atoms with van der Waals surface area (Å²) in [5.74, 6) is -0.243. The van der Waals surface area contributed by atoms with E-state index >= 15 is 0 Å². The van der Waals surface area contributed by atoms with Gasteiger partial charge in [0.2, 0.25) is 0 Å². The summed E-state index contributed by atoms with van der Waals surface area (Å²) in [6.07, 6.45) is 0. The first kappa shape index (κ1) is 21.6. The first-order valence-electron chi connectivity index (χ1n) is 10.4. The van der Waals surface area contributed by atoms with E-state index in [9.17, 15) is 4.39 Å². The lowest BCUT2D eigenvalue weighted by Gasteiger charge is -2.14. The highest BCUT2D eigenvalue weighted by Gasteiger charge is 2.16. The molecule has 0 radical (unpaired) electrons. The van der Waals surface area contributed by atoms with E-state index in [0.29, 0.717) is 22.6 Å². The van der Waals surface area contributed by atoms with Gasteiger partial charge in [0.15, 0.2) is 0 Å². The van der Waals surface area contributed by atoms with Crippen LogP contribution in [0.5, 0.6) is 0 Å². The number of fused-ring (bicyclic) bond motifs is 1. The summed E-state index contributed by atoms with van der Waals surface area (Å²) in [5.41, 5.74) is 5.78. The molecule has 162 valence electrons. The van der Waals surface area contributed by atoms with Crippen LogP contribution >= 0.6 is 27.5 Å². The van der Waals surface area contributed by atoms with Gasteiger partial charge in [-0.05, 0) is 42.0 Å². The Morgan fingerprint density at radius 1 is 0.818 bits per heavy atom. The summed E-state index contributed by atoms with van der Waals surface area (Å²) >= 11 is 9.84. The minimum atomic E-state index is -0.243. The molecule has 0 saturated heterocycles. The molecule has 3 nitrogen and oxygen atoms in total. The smallest absolute Gasteiger partial charge is 0.128 e. The molecule has 0 saturated carbocycles. The third-order valence-electron chi connectivity index (χ3n) is 5.43. The molecule has 1 aromatic heterocycles. The Bertz CT molecular complexity index is 1460. The zero-order valence-electron chi connectivity index (χ0n) is 17.4. The van der Waals surface area contributed by atoms with Crippen LogP contribution in [0.4, 0.5) is 10.1 Å². The van der Waals surface area contributed by atoms with E-state index in [0.717, 1.165) is 37.9 Å². The lowest BCUT2D eigenvalue weighted by molar-refractivity contribution is 0.612. The zero-order valence-corrected chi connectivity index (χ0v) is 19.7. The summed E-state index contributed by atoms with van der Waals surface area (Å²) in [4.78, 5) is 0. The quantitative estimate of drug-likeness (QED) is 0.255. The fraction of sp³-hybridized carbons (Fsp3) is 0.0370. The van der Waals surface area contributed by atoms with E-state index in [4.69, 9.17) is 11.6 Å². The summed E-state index contributed by atoms with van der Waals surface area (Å²) in [6.45, 7) is 0.363. The van der Waals surface area contributed by atoms with Crippen LogP contribution < -0.4 is 5.32 Å². The Morgan fingerprint density at radius 3 is 2.45 bits per heavy atom. The molecule has 0 unspecified atom stereocenters. The molecule has 0 aliphatic heterocycles. The summed E-state index contributed by atoms with van der Waals surface area (Å²) in [7, 11) is 0. The Kier molecular flexibility index (Phi) is 6.07. The normalized spacial score (nSPS) is 11.0. The third kappa shape index (κ3) is 4.47. The monoisotopic (exact) mass is 517 g/mol. The van der Waals surface area contributed by atoms with E-state index in [1.165, 1.54) is 6.07 Å². The zero-order chi connectivity index (χ0) is 22.8. The van der Waals surface area contributed by atoms with Crippen molar-refractivity contribution in [2.24, 2.45) is 0 Å². The van der Waals surface area contributed by atoms with Crippen molar-refractivity contribution < 1.29 is 4.39 Å². The highest BCUT2D eigenvalue weighted by molar-refractivity contribution is 9.10. The van der Waals surface area contributed by atoms with Crippen LogP contribution in [0.15, 0.2) is 95.5 Å². The lowest BCUT2D eigenvalue weighted by Crippen LogP contribution is -2.02. The van der Waals surface area contributed by atoms with Gasteiger partial charge in [0, 0.05) is 38.8 Å². The molecule has 0 fully saturated rings. The number of hydrogen-bond acceptors (Lipinski definition) is 3. The number of hydrogen-bond donors (Lipinski definition) is 1. The van der Waals surface area contributed by atoms with E-state index < -0.39 is 0 Å². The molecule has 0 atom stereocenters. The van der Waals surface area contributed by atoms with Crippen LogP contribution in [0.2, 0.25) is 5.02 Å². The second kappa shape index (κ2) is 9.30. The fourth-order valence-corrected chi connectivity index (χ4v) is 4.47. The van der Waals surface area contributed by atoms with Crippen molar-refractivity contribution in [2.45, 2.75) is 6.54 Å². The van der Waals surface area contributed by atoms with Crippen molar-refractivity contribution >= 4 is 44.1 Å². The van der Waals surface area contributed by atoms with Gasteiger partial charge in [-0.2, -0.15) is 0 Å². The summed E-state index contributed by atoms with van der Waals surface area (Å²) in [6, 6.07) is 28.7. The number of aromatic nitrogens is 2. The predicted molar refractivity (Wildman–Crippen MR) is 137 cm³/mol. The van der Waals surface area contributed by atoms with Crippen molar-refractivity contribution in [3.8, 4) is 22.4 Å². The van der Waals surface area contributed by atoms with Gasteiger partial charge < -0.3 is 5.32 Å². The Hall–Kier alpha value is -3.28. The summed E-state index contributed by atoms with van der Waals surface area (Å²) < 4.78 is 15.0. The molecule has 5 rings (SSSR count). The van der Waals surface area contributed by atoms with Crippen LogP contribution in [-0.4, -0.2) is 10.2 Å². The second-order valence-electron chi connectivity index (χ2n) is 7.60.